The fourth-order valence-corrected chi connectivity index (χ4v) is 4.80. The van der Waals surface area contributed by atoms with Gasteiger partial charge in [-0.2, -0.15) is 0 Å². The van der Waals surface area contributed by atoms with Crippen molar-refractivity contribution in [2.45, 2.75) is 40.0 Å². The second-order valence-corrected chi connectivity index (χ2v) is 8.96. The Morgan fingerprint density at radius 2 is 1.96 bits per heavy atom. The largest absolute Gasteiger partial charge is 0.356 e. The molecule has 2 amide bonds. The van der Waals surface area contributed by atoms with Gasteiger partial charge in [-0.05, 0) is 48.8 Å². The van der Waals surface area contributed by atoms with Gasteiger partial charge in [0.25, 0.3) is 0 Å². The van der Waals surface area contributed by atoms with E-state index in [4.69, 9.17) is 0 Å². The summed E-state index contributed by atoms with van der Waals surface area (Å²) in [5, 5.41) is 5.10. The van der Waals surface area contributed by atoms with Crippen LogP contribution in [0.5, 0.6) is 0 Å². The third kappa shape index (κ3) is 4.46. The first-order chi connectivity index (χ1) is 13.4. The highest BCUT2D eigenvalue weighted by Crippen LogP contribution is 2.35. The van der Waals surface area contributed by atoms with Gasteiger partial charge in [0.2, 0.25) is 11.8 Å². The third-order valence-corrected chi connectivity index (χ3v) is 6.42. The first-order valence-corrected chi connectivity index (χ1v) is 11.0. The van der Waals surface area contributed by atoms with Crippen molar-refractivity contribution in [2.24, 2.45) is 11.3 Å². The van der Waals surface area contributed by atoms with E-state index >= 15 is 0 Å². The minimum absolute atomic E-state index is 0.0462. The lowest BCUT2D eigenvalue weighted by molar-refractivity contribution is -0.143. The molecule has 5 heteroatoms. The number of carbonyl (C=O) groups excluding carboxylic acids is 2. The molecule has 2 aromatic rings. The van der Waals surface area contributed by atoms with Gasteiger partial charge in [-0.15, -0.1) is 11.3 Å². The van der Waals surface area contributed by atoms with E-state index in [-0.39, 0.29) is 17.7 Å². The number of carbonyl (C=O) groups is 2. The van der Waals surface area contributed by atoms with Crippen molar-refractivity contribution < 1.29 is 9.59 Å². The quantitative estimate of drug-likeness (QED) is 0.786. The number of amides is 2. The van der Waals surface area contributed by atoms with Crippen LogP contribution in [0.25, 0.3) is 10.4 Å². The topological polar surface area (TPSA) is 49.4 Å². The monoisotopic (exact) mass is 398 g/mol. The van der Waals surface area contributed by atoms with Crippen LogP contribution in [0.1, 0.15) is 39.2 Å². The van der Waals surface area contributed by atoms with Crippen molar-refractivity contribution >= 4 is 23.2 Å². The molecule has 1 fully saturated rings. The molecule has 4 nitrogen and oxygen atoms in total. The van der Waals surface area contributed by atoms with E-state index in [2.05, 4.69) is 47.1 Å². The maximum Gasteiger partial charge on any atom is 0.228 e. The van der Waals surface area contributed by atoms with Crippen molar-refractivity contribution in [1.82, 2.24) is 10.2 Å². The Kier molecular flexibility index (Phi) is 6.55. The van der Waals surface area contributed by atoms with Crippen molar-refractivity contribution in [3.05, 3.63) is 47.3 Å². The molecule has 1 atom stereocenters. The average Bonchev–Trinajstić information content (AvgIpc) is 3.23. The Morgan fingerprint density at radius 1 is 1.21 bits per heavy atom. The zero-order valence-electron chi connectivity index (χ0n) is 17.0. The highest BCUT2D eigenvalue weighted by molar-refractivity contribution is 7.13. The number of likely N-dealkylation sites (tertiary alicyclic amines) is 1. The molecule has 1 aliphatic rings. The molecule has 0 bridgehead atoms. The molecular formula is C23H30N2O2S. The summed E-state index contributed by atoms with van der Waals surface area (Å²) < 4.78 is 0. The Hall–Kier alpha value is -2.14. The lowest BCUT2D eigenvalue weighted by Crippen LogP contribution is -2.55. The number of piperidine rings is 1. The molecule has 0 spiro atoms. The van der Waals surface area contributed by atoms with Gasteiger partial charge in [-0.25, -0.2) is 0 Å². The van der Waals surface area contributed by atoms with Gasteiger partial charge < -0.3 is 10.2 Å². The van der Waals surface area contributed by atoms with Crippen LogP contribution in [0.2, 0.25) is 0 Å². The zero-order valence-corrected chi connectivity index (χ0v) is 17.8. The summed E-state index contributed by atoms with van der Waals surface area (Å²) in [5.41, 5.74) is 1.79. The van der Waals surface area contributed by atoms with Gasteiger partial charge in [0.15, 0.2) is 0 Å². The molecule has 1 N–H and O–H groups in total. The summed E-state index contributed by atoms with van der Waals surface area (Å²) >= 11 is 1.73. The van der Waals surface area contributed by atoms with Gasteiger partial charge in [0, 0.05) is 30.4 Å². The Bertz CT molecular complexity index is 799. The summed E-state index contributed by atoms with van der Waals surface area (Å²) in [5.74, 6) is 0.162. The molecular weight excluding hydrogens is 368 g/mol. The SMILES string of the molecule is CCNC(=O)[C@]1(Cc2ccc(-c3cccs3)cc2)CCCN(C(=O)C(C)C)C1. The van der Waals surface area contributed by atoms with E-state index in [0.29, 0.717) is 19.5 Å². The summed E-state index contributed by atoms with van der Waals surface area (Å²) in [6.07, 6.45) is 2.34. The van der Waals surface area contributed by atoms with Crippen molar-refractivity contribution in [3.63, 3.8) is 0 Å². The van der Waals surface area contributed by atoms with E-state index in [1.54, 1.807) is 11.3 Å². The van der Waals surface area contributed by atoms with Gasteiger partial charge in [0.05, 0.1) is 5.41 Å². The molecule has 0 radical (unpaired) electrons. The maximum atomic E-state index is 13.1. The Balaban J connectivity index is 1.83. The van der Waals surface area contributed by atoms with Crippen LogP contribution < -0.4 is 5.32 Å². The minimum Gasteiger partial charge on any atom is -0.356 e. The third-order valence-electron chi connectivity index (χ3n) is 5.50. The number of hydrogen-bond donors (Lipinski definition) is 1. The average molecular weight is 399 g/mol. The van der Waals surface area contributed by atoms with Gasteiger partial charge >= 0.3 is 0 Å². The fraction of sp³-hybridized carbons (Fsp3) is 0.478. The van der Waals surface area contributed by atoms with Crippen molar-refractivity contribution in [1.29, 1.82) is 0 Å². The van der Waals surface area contributed by atoms with Gasteiger partial charge in [0.1, 0.15) is 0 Å². The zero-order chi connectivity index (χ0) is 20.1. The molecule has 0 unspecified atom stereocenters. The predicted octanol–water partition coefficient (Wildman–Crippen LogP) is 4.36. The molecule has 0 saturated carbocycles. The van der Waals surface area contributed by atoms with Gasteiger partial charge in [-0.1, -0.05) is 44.2 Å². The summed E-state index contributed by atoms with van der Waals surface area (Å²) in [6.45, 7) is 7.65. The van der Waals surface area contributed by atoms with Gasteiger partial charge in [-0.3, -0.25) is 9.59 Å². The Labute approximate surface area is 172 Å². The number of benzene rings is 1. The van der Waals surface area contributed by atoms with Crippen molar-refractivity contribution in [2.75, 3.05) is 19.6 Å². The van der Waals surface area contributed by atoms with Crippen LogP contribution in [0.4, 0.5) is 0 Å². The molecule has 150 valence electrons. The second kappa shape index (κ2) is 8.91. The first kappa shape index (κ1) is 20.6. The molecule has 28 heavy (non-hydrogen) atoms. The number of hydrogen-bond acceptors (Lipinski definition) is 3. The van der Waals surface area contributed by atoms with E-state index in [0.717, 1.165) is 24.9 Å². The fourth-order valence-electron chi connectivity index (χ4n) is 4.06. The van der Waals surface area contributed by atoms with Crippen LogP contribution in [0.3, 0.4) is 0 Å². The number of nitrogens with zero attached hydrogens (tertiary/aromatic N) is 1. The highest BCUT2D eigenvalue weighted by Gasteiger charge is 2.43. The summed E-state index contributed by atoms with van der Waals surface area (Å²) in [6, 6.07) is 12.7. The molecule has 2 heterocycles. The van der Waals surface area contributed by atoms with Crippen LogP contribution >= 0.6 is 11.3 Å². The van der Waals surface area contributed by atoms with Crippen LogP contribution in [0, 0.1) is 11.3 Å². The van der Waals surface area contributed by atoms with Crippen LogP contribution in [-0.2, 0) is 16.0 Å². The molecule has 0 aliphatic carbocycles. The van der Waals surface area contributed by atoms with E-state index < -0.39 is 5.41 Å². The summed E-state index contributed by atoms with van der Waals surface area (Å²) in [7, 11) is 0. The van der Waals surface area contributed by atoms with E-state index in [1.165, 1.54) is 10.4 Å². The van der Waals surface area contributed by atoms with Crippen LogP contribution in [-0.4, -0.2) is 36.3 Å². The highest BCUT2D eigenvalue weighted by atomic mass is 32.1. The maximum absolute atomic E-state index is 13.1. The van der Waals surface area contributed by atoms with Crippen molar-refractivity contribution in [3.8, 4) is 10.4 Å². The van der Waals surface area contributed by atoms with E-state index in [1.807, 2.05) is 25.7 Å². The first-order valence-electron chi connectivity index (χ1n) is 10.1. The second-order valence-electron chi connectivity index (χ2n) is 8.01. The predicted molar refractivity (Wildman–Crippen MR) is 115 cm³/mol. The Morgan fingerprint density at radius 3 is 2.57 bits per heavy atom. The lowest BCUT2D eigenvalue weighted by Gasteiger charge is -2.42. The summed E-state index contributed by atoms with van der Waals surface area (Å²) in [4.78, 5) is 28.8. The molecule has 1 aliphatic heterocycles. The van der Waals surface area contributed by atoms with E-state index in [9.17, 15) is 9.59 Å². The number of nitrogens with one attached hydrogen (secondary N) is 1. The van der Waals surface area contributed by atoms with Crippen LogP contribution in [0.15, 0.2) is 41.8 Å². The normalized spacial score (nSPS) is 19.6. The lowest BCUT2D eigenvalue weighted by atomic mass is 9.74. The standard InChI is InChI=1S/C23H30N2O2S/c1-4-24-22(27)23(12-6-13-25(16-23)21(26)17(2)3)15-18-8-10-19(11-9-18)20-7-5-14-28-20/h5,7-11,14,17H,4,6,12-13,15-16H2,1-3H3,(H,24,27)/t23-/m0/s1. The molecule has 1 aromatic heterocycles. The molecule has 3 rings (SSSR count). The minimum atomic E-state index is -0.552. The number of rotatable bonds is 6. The smallest absolute Gasteiger partial charge is 0.228 e. The molecule has 1 aromatic carbocycles. The number of thiophene rings is 1. The molecule has 1 saturated heterocycles.